The van der Waals surface area contributed by atoms with E-state index in [9.17, 15) is 4.39 Å². The number of hydrogen-bond donors (Lipinski definition) is 1. The molecule has 0 saturated heterocycles. The Balaban J connectivity index is 1.86. The first-order chi connectivity index (χ1) is 9.49. The molecule has 0 aliphatic carbocycles. The summed E-state index contributed by atoms with van der Waals surface area (Å²) in [5.74, 6) is -0.158. The van der Waals surface area contributed by atoms with E-state index >= 15 is 0 Å². The number of aryl methyl sites for hydroxylation is 2. The maximum absolute atomic E-state index is 13.0. The third kappa shape index (κ3) is 3.28. The van der Waals surface area contributed by atoms with Crippen LogP contribution in [0.2, 0.25) is 0 Å². The van der Waals surface area contributed by atoms with Crippen LogP contribution in [0.15, 0.2) is 24.3 Å². The topological polar surface area (TPSA) is 17.0 Å². The lowest BCUT2D eigenvalue weighted by Gasteiger charge is -2.08. The number of hydrogen-bond acceptors (Lipinski definition) is 1. The molecule has 108 valence electrons. The van der Waals surface area contributed by atoms with Gasteiger partial charge in [-0.05, 0) is 68.6 Å². The van der Waals surface area contributed by atoms with Crippen LogP contribution in [0.4, 0.5) is 4.39 Å². The molecule has 0 radical (unpaired) electrons. The fourth-order valence-electron chi connectivity index (χ4n) is 2.50. The third-order valence-corrected chi connectivity index (χ3v) is 4.07. The first-order valence-corrected chi connectivity index (χ1v) is 7.06. The molecular weight excluding hydrogens is 251 g/mol. The van der Waals surface area contributed by atoms with Crippen LogP contribution < -0.4 is 5.32 Å². The van der Waals surface area contributed by atoms with Gasteiger partial charge in [0.2, 0.25) is 0 Å². The van der Waals surface area contributed by atoms with E-state index in [0.29, 0.717) is 0 Å². The summed E-state index contributed by atoms with van der Waals surface area (Å²) in [7, 11) is 2.09. The second-order valence-electron chi connectivity index (χ2n) is 5.45. The lowest BCUT2D eigenvalue weighted by Crippen LogP contribution is -2.17. The van der Waals surface area contributed by atoms with E-state index < -0.39 is 0 Å². The largest absolute Gasteiger partial charge is 0.352 e. The van der Waals surface area contributed by atoms with Gasteiger partial charge in [0.05, 0.1) is 0 Å². The number of nitrogens with zero attached hydrogens (tertiary/aromatic N) is 1. The average molecular weight is 274 g/mol. The van der Waals surface area contributed by atoms with Crippen LogP contribution in [0.1, 0.15) is 28.1 Å². The zero-order valence-electron chi connectivity index (χ0n) is 12.8. The summed E-state index contributed by atoms with van der Waals surface area (Å²) in [6.07, 6.45) is 0.928. The molecule has 1 aromatic carbocycles. The Kier molecular flexibility index (Phi) is 4.61. The predicted molar refractivity (Wildman–Crippen MR) is 81.4 cm³/mol. The smallest absolute Gasteiger partial charge is 0.123 e. The van der Waals surface area contributed by atoms with Gasteiger partial charge in [-0.15, -0.1) is 0 Å². The molecule has 2 aromatic rings. The minimum absolute atomic E-state index is 0.158. The highest BCUT2D eigenvalue weighted by molar-refractivity contribution is 5.27. The Labute approximate surface area is 120 Å². The predicted octanol–water partition coefficient (Wildman–Crippen LogP) is 3.42. The Morgan fingerprint density at radius 1 is 1.10 bits per heavy atom. The van der Waals surface area contributed by atoms with Crippen molar-refractivity contribution in [3.63, 3.8) is 0 Å². The summed E-state index contributed by atoms with van der Waals surface area (Å²) < 4.78 is 15.2. The van der Waals surface area contributed by atoms with Crippen LogP contribution in [-0.4, -0.2) is 11.1 Å². The van der Waals surface area contributed by atoms with Gasteiger partial charge in [-0.1, -0.05) is 6.07 Å². The van der Waals surface area contributed by atoms with Gasteiger partial charge < -0.3 is 9.88 Å². The van der Waals surface area contributed by atoms with Crippen molar-refractivity contribution in [3.8, 4) is 0 Å². The Bertz CT molecular complexity index is 599. The van der Waals surface area contributed by atoms with E-state index in [4.69, 9.17) is 0 Å². The minimum atomic E-state index is -0.158. The molecule has 20 heavy (non-hydrogen) atoms. The SMILES string of the molecule is Cc1cc(F)ccc1CCNCc1cc(C)n(C)c1C. The summed E-state index contributed by atoms with van der Waals surface area (Å²) in [5, 5.41) is 3.47. The fraction of sp³-hybridized carbons (Fsp3) is 0.412. The molecule has 1 aromatic heterocycles. The first kappa shape index (κ1) is 14.8. The zero-order chi connectivity index (χ0) is 14.7. The van der Waals surface area contributed by atoms with Gasteiger partial charge in [0.1, 0.15) is 5.82 Å². The molecule has 1 N–H and O–H groups in total. The van der Waals surface area contributed by atoms with Crippen molar-refractivity contribution in [1.82, 2.24) is 9.88 Å². The monoisotopic (exact) mass is 274 g/mol. The molecule has 3 heteroatoms. The number of nitrogens with one attached hydrogen (secondary N) is 1. The van der Waals surface area contributed by atoms with Crippen molar-refractivity contribution in [1.29, 1.82) is 0 Å². The number of benzene rings is 1. The van der Waals surface area contributed by atoms with Crippen LogP contribution in [0, 0.1) is 26.6 Å². The lowest BCUT2D eigenvalue weighted by molar-refractivity contribution is 0.624. The molecule has 0 atom stereocenters. The van der Waals surface area contributed by atoms with Gasteiger partial charge in [-0.25, -0.2) is 4.39 Å². The van der Waals surface area contributed by atoms with Crippen molar-refractivity contribution >= 4 is 0 Å². The van der Waals surface area contributed by atoms with Gasteiger partial charge in [0.15, 0.2) is 0 Å². The first-order valence-electron chi connectivity index (χ1n) is 7.06. The van der Waals surface area contributed by atoms with Gasteiger partial charge in [0.25, 0.3) is 0 Å². The second-order valence-corrected chi connectivity index (χ2v) is 5.45. The Morgan fingerprint density at radius 2 is 1.85 bits per heavy atom. The normalized spacial score (nSPS) is 11.1. The summed E-state index contributed by atoms with van der Waals surface area (Å²) in [6.45, 7) is 8.02. The number of aromatic nitrogens is 1. The summed E-state index contributed by atoms with van der Waals surface area (Å²) in [5.41, 5.74) is 6.18. The van der Waals surface area contributed by atoms with Crippen LogP contribution in [-0.2, 0) is 20.0 Å². The molecule has 2 nitrogen and oxygen atoms in total. The molecular formula is C17H23FN2. The van der Waals surface area contributed by atoms with E-state index in [0.717, 1.165) is 25.1 Å². The summed E-state index contributed by atoms with van der Waals surface area (Å²) in [6, 6.07) is 7.24. The summed E-state index contributed by atoms with van der Waals surface area (Å²) >= 11 is 0. The fourth-order valence-corrected chi connectivity index (χ4v) is 2.50. The highest BCUT2D eigenvalue weighted by atomic mass is 19.1. The molecule has 1 heterocycles. The molecule has 0 fully saturated rings. The molecule has 0 saturated carbocycles. The van der Waals surface area contributed by atoms with Crippen LogP contribution in [0.3, 0.4) is 0 Å². The summed E-state index contributed by atoms with van der Waals surface area (Å²) in [4.78, 5) is 0. The van der Waals surface area contributed by atoms with Gasteiger partial charge in [0, 0.05) is 25.0 Å². The van der Waals surface area contributed by atoms with Crippen molar-refractivity contribution in [2.45, 2.75) is 33.7 Å². The van der Waals surface area contributed by atoms with Crippen molar-refractivity contribution < 1.29 is 4.39 Å². The second kappa shape index (κ2) is 6.23. The quantitative estimate of drug-likeness (QED) is 0.827. The van der Waals surface area contributed by atoms with Crippen molar-refractivity contribution in [2.75, 3.05) is 6.54 Å². The van der Waals surface area contributed by atoms with E-state index in [2.05, 4.69) is 36.8 Å². The third-order valence-electron chi connectivity index (χ3n) is 4.07. The minimum Gasteiger partial charge on any atom is -0.352 e. The van der Waals surface area contributed by atoms with E-state index in [-0.39, 0.29) is 5.82 Å². The Morgan fingerprint density at radius 3 is 2.45 bits per heavy atom. The van der Waals surface area contributed by atoms with Crippen LogP contribution in [0.5, 0.6) is 0 Å². The molecule has 0 unspecified atom stereocenters. The van der Waals surface area contributed by atoms with Crippen LogP contribution in [0.25, 0.3) is 0 Å². The van der Waals surface area contributed by atoms with E-state index in [1.165, 1.54) is 28.6 Å². The highest BCUT2D eigenvalue weighted by Gasteiger charge is 2.05. The Hall–Kier alpha value is -1.61. The number of halogens is 1. The molecule has 2 rings (SSSR count). The maximum atomic E-state index is 13.0. The van der Waals surface area contributed by atoms with E-state index in [1.54, 1.807) is 6.07 Å². The standard InChI is InChI=1S/C17H23FN2/c1-12-9-17(18)6-5-15(12)7-8-19-11-16-10-13(2)20(4)14(16)3/h5-6,9-10,19H,7-8,11H2,1-4H3. The van der Waals surface area contributed by atoms with Gasteiger partial charge in [-0.3, -0.25) is 0 Å². The van der Waals surface area contributed by atoms with Crippen molar-refractivity contribution in [2.24, 2.45) is 7.05 Å². The average Bonchev–Trinajstić information content (AvgIpc) is 2.64. The van der Waals surface area contributed by atoms with Gasteiger partial charge >= 0.3 is 0 Å². The zero-order valence-corrected chi connectivity index (χ0v) is 12.8. The molecule has 0 amide bonds. The number of rotatable bonds is 5. The molecule has 0 aliphatic heterocycles. The molecule has 0 aliphatic rings. The lowest BCUT2D eigenvalue weighted by atomic mass is 10.1. The highest BCUT2D eigenvalue weighted by Crippen LogP contribution is 2.13. The molecule has 0 spiro atoms. The van der Waals surface area contributed by atoms with Gasteiger partial charge in [-0.2, -0.15) is 0 Å². The van der Waals surface area contributed by atoms with E-state index in [1.807, 2.05) is 13.0 Å². The molecule has 0 bridgehead atoms. The maximum Gasteiger partial charge on any atom is 0.123 e. The van der Waals surface area contributed by atoms with Crippen molar-refractivity contribution in [3.05, 3.63) is 58.2 Å². The van der Waals surface area contributed by atoms with Crippen LogP contribution >= 0.6 is 0 Å².